The zero-order chi connectivity index (χ0) is 21.7. The van der Waals surface area contributed by atoms with Crippen molar-refractivity contribution in [1.82, 2.24) is 4.90 Å². The average molecular weight is 410 g/mol. The van der Waals surface area contributed by atoms with E-state index in [2.05, 4.69) is 10.2 Å². The zero-order valence-corrected chi connectivity index (χ0v) is 18.3. The van der Waals surface area contributed by atoms with Crippen LogP contribution in [0, 0.1) is 19.8 Å². The Balaban J connectivity index is 1.60. The quantitative estimate of drug-likeness (QED) is 0.792. The number of hydrogen-bond acceptors (Lipinski definition) is 4. The molecular formula is C24H31N3O3. The van der Waals surface area contributed by atoms with Crippen LogP contribution in [0.4, 0.5) is 11.4 Å². The van der Waals surface area contributed by atoms with Crippen molar-refractivity contribution in [3.8, 4) is 5.75 Å². The van der Waals surface area contributed by atoms with Crippen LogP contribution < -0.4 is 15.0 Å². The van der Waals surface area contributed by atoms with Gasteiger partial charge in [-0.3, -0.25) is 9.59 Å². The topological polar surface area (TPSA) is 61.9 Å². The maximum atomic E-state index is 12.5. The summed E-state index contributed by atoms with van der Waals surface area (Å²) in [7, 11) is 0. The van der Waals surface area contributed by atoms with Gasteiger partial charge in [0.15, 0.2) is 6.61 Å². The van der Waals surface area contributed by atoms with E-state index < -0.39 is 0 Å². The van der Waals surface area contributed by atoms with Gasteiger partial charge in [0.05, 0.1) is 11.4 Å². The van der Waals surface area contributed by atoms with Gasteiger partial charge in [0.25, 0.3) is 5.91 Å². The molecule has 2 aromatic carbocycles. The van der Waals surface area contributed by atoms with Gasteiger partial charge >= 0.3 is 0 Å². The van der Waals surface area contributed by atoms with Gasteiger partial charge in [-0.2, -0.15) is 0 Å². The molecule has 0 unspecified atom stereocenters. The van der Waals surface area contributed by atoms with Crippen LogP contribution in [0.2, 0.25) is 0 Å². The molecule has 1 aliphatic rings. The first-order valence-electron chi connectivity index (χ1n) is 10.5. The van der Waals surface area contributed by atoms with Crippen molar-refractivity contribution in [1.29, 1.82) is 0 Å². The minimum Gasteiger partial charge on any atom is -0.483 e. The van der Waals surface area contributed by atoms with Gasteiger partial charge in [0, 0.05) is 32.1 Å². The molecule has 0 aromatic heterocycles. The SMILES string of the molecule is Cc1ccc(OCC(=O)Nc2ccccc2N2CCN(C(=O)C(C)C)CC2)c(C)c1. The molecular weight excluding hydrogens is 378 g/mol. The molecule has 0 spiro atoms. The van der Waals surface area contributed by atoms with E-state index in [9.17, 15) is 9.59 Å². The molecule has 3 rings (SSSR count). The first-order chi connectivity index (χ1) is 14.3. The minimum absolute atomic E-state index is 0.0142. The van der Waals surface area contributed by atoms with Crippen molar-refractivity contribution in [3.05, 3.63) is 53.6 Å². The molecule has 1 heterocycles. The number of rotatable bonds is 6. The Bertz CT molecular complexity index is 902. The third-order valence-corrected chi connectivity index (χ3v) is 5.29. The summed E-state index contributed by atoms with van der Waals surface area (Å²) in [5.41, 5.74) is 3.90. The highest BCUT2D eigenvalue weighted by atomic mass is 16.5. The van der Waals surface area contributed by atoms with E-state index in [1.54, 1.807) is 0 Å². The summed E-state index contributed by atoms with van der Waals surface area (Å²) in [6.07, 6.45) is 0. The number of carbonyl (C=O) groups excluding carboxylic acids is 2. The number of hydrogen-bond donors (Lipinski definition) is 1. The number of benzene rings is 2. The summed E-state index contributed by atoms with van der Waals surface area (Å²) in [4.78, 5) is 28.9. The van der Waals surface area contributed by atoms with Gasteiger partial charge in [-0.25, -0.2) is 0 Å². The molecule has 1 N–H and O–H groups in total. The Morgan fingerprint density at radius 3 is 2.40 bits per heavy atom. The fraction of sp³-hybridized carbons (Fsp3) is 0.417. The largest absolute Gasteiger partial charge is 0.483 e. The maximum Gasteiger partial charge on any atom is 0.262 e. The predicted molar refractivity (Wildman–Crippen MR) is 120 cm³/mol. The number of piperazine rings is 1. The second-order valence-corrected chi connectivity index (χ2v) is 8.09. The Hall–Kier alpha value is -3.02. The van der Waals surface area contributed by atoms with Crippen LogP contribution in [-0.2, 0) is 9.59 Å². The molecule has 1 aliphatic heterocycles. The van der Waals surface area contributed by atoms with E-state index >= 15 is 0 Å². The number of nitrogens with one attached hydrogen (secondary N) is 1. The maximum absolute atomic E-state index is 12.5. The molecule has 1 fully saturated rings. The second kappa shape index (κ2) is 9.65. The second-order valence-electron chi connectivity index (χ2n) is 8.09. The summed E-state index contributed by atoms with van der Waals surface area (Å²) < 4.78 is 5.70. The van der Waals surface area contributed by atoms with Crippen molar-refractivity contribution in [2.45, 2.75) is 27.7 Å². The number of anilines is 2. The Morgan fingerprint density at radius 1 is 1.03 bits per heavy atom. The summed E-state index contributed by atoms with van der Waals surface area (Å²) in [6.45, 7) is 10.7. The van der Waals surface area contributed by atoms with Crippen LogP contribution in [0.15, 0.2) is 42.5 Å². The average Bonchev–Trinajstić information content (AvgIpc) is 2.73. The van der Waals surface area contributed by atoms with Crippen molar-refractivity contribution in [2.24, 2.45) is 5.92 Å². The summed E-state index contributed by atoms with van der Waals surface area (Å²) >= 11 is 0. The first kappa shape index (κ1) is 21.7. The highest BCUT2D eigenvalue weighted by Crippen LogP contribution is 2.27. The van der Waals surface area contributed by atoms with Crippen LogP contribution in [-0.4, -0.2) is 49.5 Å². The van der Waals surface area contributed by atoms with Crippen LogP contribution in [0.25, 0.3) is 0 Å². The normalized spacial score (nSPS) is 14.0. The molecule has 160 valence electrons. The molecule has 6 heteroatoms. The predicted octanol–water partition coefficient (Wildman–Crippen LogP) is 3.63. The van der Waals surface area contributed by atoms with Crippen molar-refractivity contribution < 1.29 is 14.3 Å². The lowest BCUT2D eigenvalue weighted by atomic mass is 10.1. The number of amides is 2. The molecule has 1 saturated heterocycles. The van der Waals surface area contributed by atoms with Crippen molar-refractivity contribution in [2.75, 3.05) is 43.0 Å². The smallest absolute Gasteiger partial charge is 0.262 e. The lowest BCUT2D eigenvalue weighted by Crippen LogP contribution is -2.50. The summed E-state index contributed by atoms with van der Waals surface area (Å²) in [5.74, 6) is 0.728. The van der Waals surface area contributed by atoms with E-state index in [0.29, 0.717) is 13.1 Å². The van der Waals surface area contributed by atoms with Gasteiger partial charge in [-0.1, -0.05) is 43.7 Å². The van der Waals surface area contributed by atoms with Gasteiger partial charge in [0.1, 0.15) is 5.75 Å². The molecule has 2 amide bonds. The lowest BCUT2D eigenvalue weighted by Gasteiger charge is -2.37. The first-order valence-corrected chi connectivity index (χ1v) is 10.5. The van der Waals surface area contributed by atoms with Crippen LogP contribution >= 0.6 is 0 Å². The molecule has 6 nitrogen and oxygen atoms in total. The molecule has 0 aliphatic carbocycles. The lowest BCUT2D eigenvalue weighted by molar-refractivity contribution is -0.134. The highest BCUT2D eigenvalue weighted by molar-refractivity contribution is 5.95. The zero-order valence-electron chi connectivity index (χ0n) is 18.3. The molecule has 0 bridgehead atoms. The van der Waals surface area contributed by atoms with Gasteiger partial charge in [-0.15, -0.1) is 0 Å². The number of carbonyl (C=O) groups is 2. The fourth-order valence-electron chi connectivity index (χ4n) is 3.68. The molecule has 0 saturated carbocycles. The van der Waals surface area contributed by atoms with Gasteiger partial charge in [0.2, 0.25) is 5.91 Å². The van der Waals surface area contributed by atoms with Crippen LogP contribution in [0.5, 0.6) is 5.75 Å². The highest BCUT2D eigenvalue weighted by Gasteiger charge is 2.24. The standard InChI is InChI=1S/C24H31N3O3/c1-17(2)24(29)27-13-11-26(12-14-27)21-8-6-5-7-20(21)25-23(28)16-30-22-10-9-18(3)15-19(22)4/h5-10,15,17H,11-14,16H2,1-4H3,(H,25,28). The third-order valence-electron chi connectivity index (χ3n) is 5.29. The molecule has 2 aromatic rings. The number of para-hydroxylation sites is 2. The number of nitrogens with zero attached hydrogens (tertiary/aromatic N) is 2. The third kappa shape index (κ3) is 5.32. The summed E-state index contributed by atoms with van der Waals surface area (Å²) in [5, 5.41) is 2.97. The fourth-order valence-corrected chi connectivity index (χ4v) is 3.68. The van der Waals surface area contributed by atoms with E-state index in [4.69, 9.17) is 4.74 Å². The Morgan fingerprint density at radius 2 is 1.73 bits per heavy atom. The van der Waals surface area contributed by atoms with Gasteiger partial charge in [-0.05, 0) is 37.6 Å². The monoisotopic (exact) mass is 409 g/mol. The van der Waals surface area contributed by atoms with Crippen LogP contribution in [0.3, 0.4) is 0 Å². The van der Waals surface area contributed by atoms with Crippen molar-refractivity contribution in [3.63, 3.8) is 0 Å². The number of aryl methyl sites for hydroxylation is 2. The van der Waals surface area contributed by atoms with Gasteiger partial charge < -0.3 is 19.9 Å². The molecule has 30 heavy (non-hydrogen) atoms. The van der Waals surface area contributed by atoms with Crippen LogP contribution in [0.1, 0.15) is 25.0 Å². The van der Waals surface area contributed by atoms with E-state index in [-0.39, 0.29) is 24.3 Å². The summed E-state index contributed by atoms with van der Waals surface area (Å²) in [6, 6.07) is 13.7. The van der Waals surface area contributed by atoms with E-state index in [1.165, 1.54) is 0 Å². The Labute approximate surface area is 178 Å². The molecule has 0 radical (unpaired) electrons. The molecule has 0 atom stereocenters. The van der Waals surface area contributed by atoms with Crippen molar-refractivity contribution >= 4 is 23.2 Å². The number of ether oxygens (including phenoxy) is 1. The van der Waals surface area contributed by atoms with E-state index in [0.717, 1.165) is 41.3 Å². The minimum atomic E-state index is -0.198. The Kier molecular flexibility index (Phi) is 6.98. The van der Waals surface area contributed by atoms with E-state index in [1.807, 2.05) is 75.1 Å².